The van der Waals surface area contributed by atoms with Crippen molar-refractivity contribution in [1.29, 1.82) is 0 Å². The molecule has 2 bridgehead atoms. The molecule has 2 aliphatic carbocycles. The first-order valence-corrected chi connectivity index (χ1v) is 8.68. The lowest BCUT2D eigenvalue weighted by molar-refractivity contribution is -0.314. The highest BCUT2D eigenvalue weighted by Gasteiger charge is 2.54. The molecule has 5 heteroatoms. The Morgan fingerprint density at radius 3 is 2.25 bits per heavy atom. The minimum absolute atomic E-state index is 0.0353. The van der Waals surface area contributed by atoms with E-state index < -0.39 is 17.8 Å². The fourth-order valence-corrected chi connectivity index (χ4v) is 4.63. The molecule has 1 amide bonds. The molecular weight excluding hydrogens is 326 g/mol. The summed E-state index contributed by atoms with van der Waals surface area (Å²) in [5.41, 5.74) is 3.24. The quantitative estimate of drug-likeness (QED) is 0.850. The fourth-order valence-electron chi connectivity index (χ4n) is 4.50. The van der Waals surface area contributed by atoms with Crippen molar-refractivity contribution in [2.75, 3.05) is 0 Å². The van der Waals surface area contributed by atoms with Crippen LogP contribution in [0, 0.1) is 23.7 Å². The Labute approximate surface area is 146 Å². The molecule has 0 spiro atoms. The van der Waals surface area contributed by atoms with Crippen molar-refractivity contribution in [3.05, 3.63) is 46.0 Å². The van der Waals surface area contributed by atoms with Gasteiger partial charge in [0.1, 0.15) is 0 Å². The topological polar surface area (TPSA) is 69.2 Å². The molecule has 1 aromatic rings. The molecule has 3 rings (SSSR count). The molecule has 2 saturated carbocycles. The number of fused-ring (bicyclic) bond motifs is 2. The third-order valence-corrected chi connectivity index (χ3v) is 5.63. The van der Waals surface area contributed by atoms with Crippen LogP contribution < -0.4 is 10.4 Å². The van der Waals surface area contributed by atoms with Gasteiger partial charge in [0, 0.05) is 23.5 Å². The van der Waals surface area contributed by atoms with E-state index in [1.54, 1.807) is 12.1 Å². The summed E-state index contributed by atoms with van der Waals surface area (Å²) in [5, 5.41) is 15.2. The van der Waals surface area contributed by atoms with Crippen LogP contribution in [0.4, 0.5) is 0 Å². The second-order valence-corrected chi connectivity index (χ2v) is 7.40. The molecule has 4 nitrogen and oxygen atoms in total. The minimum Gasteiger partial charge on any atom is -0.550 e. The first-order valence-electron chi connectivity index (χ1n) is 8.30. The zero-order chi connectivity index (χ0) is 17.4. The van der Waals surface area contributed by atoms with E-state index in [1.165, 1.54) is 0 Å². The number of carboxylic acids is 1. The van der Waals surface area contributed by atoms with Crippen molar-refractivity contribution >= 4 is 23.5 Å². The second kappa shape index (κ2) is 6.60. The monoisotopic (exact) mass is 346 g/mol. The first-order chi connectivity index (χ1) is 11.4. The molecule has 1 N–H and O–H groups in total. The maximum Gasteiger partial charge on any atom is 0.224 e. The summed E-state index contributed by atoms with van der Waals surface area (Å²) in [6, 6.07) is 7.24. The van der Waals surface area contributed by atoms with Crippen molar-refractivity contribution in [3.63, 3.8) is 0 Å². The van der Waals surface area contributed by atoms with Gasteiger partial charge in [-0.3, -0.25) is 4.79 Å². The van der Waals surface area contributed by atoms with E-state index in [1.807, 2.05) is 26.0 Å². The lowest BCUT2D eigenvalue weighted by Crippen LogP contribution is -2.45. The van der Waals surface area contributed by atoms with Gasteiger partial charge in [-0.2, -0.15) is 0 Å². The van der Waals surface area contributed by atoms with E-state index in [0.29, 0.717) is 11.6 Å². The predicted octanol–water partition coefficient (Wildman–Crippen LogP) is 2.31. The Kier molecular flexibility index (Phi) is 4.68. The van der Waals surface area contributed by atoms with E-state index in [-0.39, 0.29) is 17.7 Å². The number of rotatable bonds is 4. The van der Waals surface area contributed by atoms with Gasteiger partial charge in [-0.25, -0.2) is 0 Å². The molecule has 0 aromatic heterocycles. The van der Waals surface area contributed by atoms with Gasteiger partial charge in [0.2, 0.25) is 5.91 Å². The number of amides is 1. The standard InChI is InChI=1S/C19H22ClNO3/c1-10(2)15-13-7-8-14(15)17(19(23)24)16(13)18(22)21-9-11-3-5-12(20)6-4-11/h3-6,13-14,16-17H,7-9H2,1-2H3,(H,21,22)(H,23,24)/p-1/t13-,14+,16+,17-/m0/s1. The summed E-state index contributed by atoms with van der Waals surface area (Å²) in [6.45, 7) is 4.37. The Morgan fingerprint density at radius 2 is 1.71 bits per heavy atom. The van der Waals surface area contributed by atoms with Crippen LogP contribution in [-0.4, -0.2) is 11.9 Å². The third-order valence-electron chi connectivity index (χ3n) is 5.37. The van der Waals surface area contributed by atoms with Gasteiger partial charge in [0.25, 0.3) is 0 Å². The maximum absolute atomic E-state index is 12.7. The summed E-state index contributed by atoms with van der Waals surface area (Å²) in [6.07, 6.45) is 1.72. The van der Waals surface area contributed by atoms with Crippen LogP contribution in [0.2, 0.25) is 5.02 Å². The van der Waals surface area contributed by atoms with Crippen molar-refractivity contribution < 1.29 is 14.7 Å². The first kappa shape index (κ1) is 17.0. The van der Waals surface area contributed by atoms with Crippen molar-refractivity contribution in [3.8, 4) is 0 Å². The van der Waals surface area contributed by atoms with Crippen LogP contribution in [0.15, 0.2) is 35.4 Å². The summed E-state index contributed by atoms with van der Waals surface area (Å²) in [7, 11) is 0. The number of halogens is 1. The number of allylic oxidation sites excluding steroid dienone is 2. The second-order valence-electron chi connectivity index (χ2n) is 6.96. The Morgan fingerprint density at radius 1 is 1.12 bits per heavy atom. The van der Waals surface area contributed by atoms with Crippen LogP contribution in [0.3, 0.4) is 0 Å². The van der Waals surface area contributed by atoms with Crippen LogP contribution in [0.1, 0.15) is 32.3 Å². The van der Waals surface area contributed by atoms with Gasteiger partial charge in [-0.05, 0) is 56.2 Å². The lowest BCUT2D eigenvalue weighted by atomic mass is 9.78. The zero-order valence-electron chi connectivity index (χ0n) is 13.8. The number of benzene rings is 1. The highest BCUT2D eigenvalue weighted by Crippen LogP contribution is 2.56. The van der Waals surface area contributed by atoms with Crippen molar-refractivity contribution in [2.24, 2.45) is 23.7 Å². The van der Waals surface area contributed by atoms with Gasteiger partial charge in [-0.1, -0.05) is 34.9 Å². The number of hydrogen-bond donors (Lipinski definition) is 1. The molecule has 0 radical (unpaired) electrons. The van der Waals surface area contributed by atoms with Gasteiger partial charge < -0.3 is 15.2 Å². The maximum atomic E-state index is 12.7. The van der Waals surface area contributed by atoms with Gasteiger partial charge in [-0.15, -0.1) is 0 Å². The zero-order valence-corrected chi connectivity index (χ0v) is 14.6. The third kappa shape index (κ3) is 2.95. The number of carboxylic acid groups (broad SMARTS) is 1. The minimum atomic E-state index is -1.10. The summed E-state index contributed by atoms with van der Waals surface area (Å²) in [5.74, 6) is -2.54. The van der Waals surface area contributed by atoms with E-state index in [4.69, 9.17) is 11.6 Å². The normalized spacial score (nSPS) is 28.0. The average Bonchev–Trinajstić information content (AvgIpc) is 3.10. The SMILES string of the molecule is CC(C)=C1[C@H]2CC[C@@H]1[C@@H](C(=O)NCc1ccc(Cl)cc1)[C@H]2C(=O)[O-]. The molecule has 2 fully saturated rings. The Bertz CT molecular complexity index is 691. The number of hydrogen-bond acceptors (Lipinski definition) is 3. The van der Waals surface area contributed by atoms with E-state index in [0.717, 1.165) is 29.6 Å². The van der Waals surface area contributed by atoms with E-state index in [2.05, 4.69) is 5.32 Å². The molecule has 0 unspecified atom stereocenters. The van der Waals surface area contributed by atoms with Crippen molar-refractivity contribution in [2.45, 2.75) is 33.2 Å². The van der Waals surface area contributed by atoms with Gasteiger partial charge in [0.15, 0.2) is 0 Å². The molecule has 128 valence electrons. The van der Waals surface area contributed by atoms with E-state index >= 15 is 0 Å². The molecular formula is C19H21ClNO3-. The van der Waals surface area contributed by atoms with Gasteiger partial charge in [0.05, 0.1) is 5.92 Å². The fraction of sp³-hybridized carbons (Fsp3) is 0.474. The lowest BCUT2D eigenvalue weighted by Gasteiger charge is -2.30. The molecule has 4 atom stereocenters. The van der Waals surface area contributed by atoms with Crippen molar-refractivity contribution in [1.82, 2.24) is 5.32 Å². The Balaban J connectivity index is 1.77. The van der Waals surface area contributed by atoms with Gasteiger partial charge >= 0.3 is 0 Å². The van der Waals surface area contributed by atoms with Crippen LogP contribution in [0.5, 0.6) is 0 Å². The van der Waals surface area contributed by atoms with Crippen LogP contribution in [-0.2, 0) is 16.1 Å². The predicted molar refractivity (Wildman–Crippen MR) is 89.9 cm³/mol. The highest BCUT2D eigenvalue weighted by molar-refractivity contribution is 6.30. The number of carbonyl (C=O) groups is 2. The summed E-state index contributed by atoms with van der Waals surface area (Å²) in [4.78, 5) is 24.4. The molecule has 2 aliphatic rings. The molecule has 0 saturated heterocycles. The largest absolute Gasteiger partial charge is 0.550 e. The Hall–Kier alpha value is -1.81. The van der Waals surface area contributed by atoms with Crippen LogP contribution >= 0.6 is 11.6 Å². The number of aliphatic carboxylic acids is 1. The molecule has 0 aliphatic heterocycles. The highest BCUT2D eigenvalue weighted by atomic mass is 35.5. The average molecular weight is 347 g/mol. The summed E-state index contributed by atoms with van der Waals surface area (Å²) < 4.78 is 0. The molecule has 1 aromatic carbocycles. The number of carbonyl (C=O) groups excluding carboxylic acids is 2. The molecule has 0 heterocycles. The van der Waals surface area contributed by atoms with E-state index in [9.17, 15) is 14.7 Å². The summed E-state index contributed by atoms with van der Waals surface area (Å²) >= 11 is 5.86. The number of nitrogens with one attached hydrogen (secondary N) is 1. The smallest absolute Gasteiger partial charge is 0.224 e. The molecule has 24 heavy (non-hydrogen) atoms. The van der Waals surface area contributed by atoms with Crippen LogP contribution in [0.25, 0.3) is 0 Å².